The van der Waals surface area contributed by atoms with E-state index in [4.69, 9.17) is 9.84 Å². The Hall–Kier alpha value is -1.42. The molecule has 0 radical (unpaired) electrons. The third-order valence-corrected chi connectivity index (χ3v) is 2.42. The summed E-state index contributed by atoms with van der Waals surface area (Å²) in [5.74, 6) is -1.64. The van der Waals surface area contributed by atoms with Crippen LogP contribution in [0.1, 0.15) is 12.0 Å². The third kappa shape index (κ3) is 3.98. The molecule has 1 rings (SSSR count). The van der Waals surface area contributed by atoms with E-state index in [-0.39, 0.29) is 5.82 Å². The Balaban J connectivity index is 2.60. The van der Waals surface area contributed by atoms with Crippen LogP contribution in [0.3, 0.4) is 0 Å². The molecule has 0 spiro atoms. The topological polar surface area (TPSA) is 46.5 Å². The number of carboxylic acids is 1. The Kier molecular flexibility index (Phi) is 4.92. The van der Waals surface area contributed by atoms with Gasteiger partial charge in [0.05, 0.1) is 5.92 Å². The summed E-state index contributed by atoms with van der Waals surface area (Å²) < 4.78 is 17.5. The predicted molar refractivity (Wildman–Crippen MR) is 57.7 cm³/mol. The van der Waals surface area contributed by atoms with Gasteiger partial charge in [0.1, 0.15) is 5.82 Å². The van der Waals surface area contributed by atoms with Crippen molar-refractivity contribution in [2.75, 3.05) is 13.7 Å². The lowest BCUT2D eigenvalue weighted by molar-refractivity contribution is -0.142. The summed E-state index contributed by atoms with van der Waals surface area (Å²) in [5, 5.41) is 8.99. The largest absolute Gasteiger partial charge is 0.481 e. The molecule has 4 heteroatoms. The van der Waals surface area contributed by atoms with Crippen molar-refractivity contribution in [3.05, 3.63) is 35.6 Å². The fraction of sp³-hybridized carbons (Fsp3) is 0.417. The maximum absolute atomic E-state index is 12.6. The van der Waals surface area contributed by atoms with Gasteiger partial charge in [-0.3, -0.25) is 4.79 Å². The number of carbonyl (C=O) groups is 1. The summed E-state index contributed by atoms with van der Waals surface area (Å²) in [6, 6.07) is 5.89. The lowest BCUT2D eigenvalue weighted by Crippen LogP contribution is -2.18. The molecule has 0 amide bonds. The van der Waals surface area contributed by atoms with Gasteiger partial charge in [-0.05, 0) is 30.5 Å². The van der Waals surface area contributed by atoms with Crippen LogP contribution in [0.5, 0.6) is 0 Å². The van der Waals surface area contributed by atoms with Gasteiger partial charge in [0.25, 0.3) is 0 Å². The molecule has 0 saturated carbocycles. The van der Waals surface area contributed by atoms with Gasteiger partial charge in [-0.25, -0.2) is 4.39 Å². The second kappa shape index (κ2) is 6.23. The molecule has 0 fully saturated rings. The molecule has 0 aliphatic heterocycles. The SMILES string of the molecule is COCCC(Cc1ccc(F)cc1)C(=O)O. The van der Waals surface area contributed by atoms with E-state index in [1.807, 2.05) is 0 Å². The van der Waals surface area contributed by atoms with Gasteiger partial charge >= 0.3 is 5.97 Å². The number of benzene rings is 1. The highest BCUT2D eigenvalue weighted by atomic mass is 19.1. The highest BCUT2D eigenvalue weighted by Crippen LogP contribution is 2.13. The molecule has 3 nitrogen and oxygen atoms in total. The number of carboxylic acid groups (broad SMARTS) is 1. The summed E-state index contributed by atoms with van der Waals surface area (Å²) in [6.45, 7) is 0.415. The molecule has 0 saturated heterocycles. The quantitative estimate of drug-likeness (QED) is 0.808. The van der Waals surface area contributed by atoms with E-state index in [1.165, 1.54) is 19.2 Å². The average molecular weight is 226 g/mol. The highest BCUT2D eigenvalue weighted by Gasteiger charge is 2.17. The van der Waals surface area contributed by atoms with Gasteiger partial charge in [-0.15, -0.1) is 0 Å². The number of ether oxygens (including phenoxy) is 1. The van der Waals surface area contributed by atoms with Crippen molar-refractivity contribution in [2.45, 2.75) is 12.8 Å². The first kappa shape index (κ1) is 12.6. The Labute approximate surface area is 93.9 Å². The van der Waals surface area contributed by atoms with Gasteiger partial charge < -0.3 is 9.84 Å². The van der Waals surface area contributed by atoms with Crippen LogP contribution in [0.15, 0.2) is 24.3 Å². The summed E-state index contributed by atoms with van der Waals surface area (Å²) in [6.07, 6.45) is 0.863. The molecule has 0 aromatic heterocycles. The zero-order chi connectivity index (χ0) is 12.0. The van der Waals surface area contributed by atoms with Crippen LogP contribution in [-0.2, 0) is 16.0 Å². The second-order valence-electron chi connectivity index (χ2n) is 3.65. The number of aliphatic carboxylic acids is 1. The summed E-state index contributed by atoms with van der Waals surface area (Å²) in [5.41, 5.74) is 0.824. The minimum atomic E-state index is -0.846. The van der Waals surface area contributed by atoms with Crippen LogP contribution in [0.4, 0.5) is 4.39 Å². The molecule has 16 heavy (non-hydrogen) atoms. The standard InChI is InChI=1S/C12H15FO3/c1-16-7-6-10(12(14)15)8-9-2-4-11(13)5-3-9/h2-5,10H,6-8H2,1H3,(H,14,15). The van der Waals surface area contributed by atoms with E-state index in [9.17, 15) is 9.18 Å². The normalized spacial score (nSPS) is 12.4. The maximum Gasteiger partial charge on any atom is 0.306 e. The third-order valence-electron chi connectivity index (χ3n) is 2.42. The van der Waals surface area contributed by atoms with Gasteiger partial charge in [-0.2, -0.15) is 0 Å². The Bertz CT molecular complexity index is 335. The van der Waals surface area contributed by atoms with Crippen molar-refractivity contribution in [2.24, 2.45) is 5.92 Å². The molecular formula is C12H15FO3. The van der Waals surface area contributed by atoms with Crippen molar-refractivity contribution in [1.82, 2.24) is 0 Å². The molecule has 0 heterocycles. The summed E-state index contributed by atoms with van der Waals surface area (Å²) in [4.78, 5) is 10.9. The van der Waals surface area contributed by atoms with Crippen molar-refractivity contribution < 1.29 is 19.0 Å². The van der Waals surface area contributed by atoms with Crippen molar-refractivity contribution in [1.29, 1.82) is 0 Å². The van der Waals surface area contributed by atoms with Crippen LogP contribution in [0, 0.1) is 11.7 Å². The van der Waals surface area contributed by atoms with Gasteiger partial charge in [-0.1, -0.05) is 12.1 Å². The maximum atomic E-state index is 12.6. The number of methoxy groups -OCH3 is 1. The van der Waals surface area contributed by atoms with Crippen LogP contribution < -0.4 is 0 Å². The Morgan fingerprint density at radius 2 is 2.06 bits per heavy atom. The highest BCUT2D eigenvalue weighted by molar-refractivity contribution is 5.70. The smallest absolute Gasteiger partial charge is 0.306 e. The van der Waals surface area contributed by atoms with E-state index in [0.29, 0.717) is 19.4 Å². The summed E-state index contributed by atoms with van der Waals surface area (Å²) in [7, 11) is 1.54. The number of hydrogen-bond donors (Lipinski definition) is 1. The lowest BCUT2D eigenvalue weighted by Gasteiger charge is -2.11. The van der Waals surface area contributed by atoms with E-state index in [1.54, 1.807) is 12.1 Å². The zero-order valence-electron chi connectivity index (χ0n) is 9.15. The van der Waals surface area contributed by atoms with Gasteiger partial charge in [0.15, 0.2) is 0 Å². The van der Waals surface area contributed by atoms with E-state index in [0.717, 1.165) is 5.56 Å². The van der Waals surface area contributed by atoms with Crippen LogP contribution in [0.2, 0.25) is 0 Å². The first-order chi connectivity index (χ1) is 7.63. The Morgan fingerprint density at radius 1 is 1.44 bits per heavy atom. The number of hydrogen-bond acceptors (Lipinski definition) is 2. The van der Waals surface area contributed by atoms with Crippen molar-refractivity contribution in [3.8, 4) is 0 Å². The molecule has 1 unspecified atom stereocenters. The molecule has 88 valence electrons. The van der Waals surface area contributed by atoms with E-state index < -0.39 is 11.9 Å². The number of halogens is 1. The lowest BCUT2D eigenvalue weighted by atomic mass is 9.97. The Morgan fingerprint density at radius 3 is 2.56 bits per heavy atom. The van der Waals surface area contributed by atoms with Gasteiger partial charge in [0, 0.05) is 13.7 Å². The van der Waals surface area contributed by atoms with Crippen LogP contribution in [0.25, 0.3) is 0 Å². The minimum Gasteiger partial charge on any atom is -0.481 e. The van der Waals surface area contributed by atoms with E-state index in [2.05, 4.69) is 0 Å². The molecule has 0 bridgehead atoms. The van der Waals surface area contributed by atoms with Crippen LogP contribution >= 0.6 is 0 Å². The van der Waals surface area contributed by atoms with Crippen molar-refractivity contribution >= 4 is 5.97 Å². The molecule has 1 atom stereocenters. The van der Waals surface area contributed by atoms with Crippen LogP contribution in [-0.4, -0.2) is 24.8 Å². The van der Waals surface area contributed by atoms with Gasteiger partial charge in [0.2, 0.25) is 0 Å². The first-order valence-electron chi connectivity index (χ1n) is 5.09. The average Bonchev–Trinajstić information content (AvgIpc) is 2.26. The number of rotatable bonds is 6. The fourth-order valence-electron chi connectivity index (χ4n) is 1.48. The molecule has 1 aromatic carbocycles. The molecule has 0 aliphatic rings. The molecule has 1 N–H and O–H groups in total. The molecule has 1 aromatic rings. The predicted octanol–water partition coefficient (Wildman–Crippen LogP) is 2.11. The van der Waals surface area contributed by atoms with E-state index >= 15 is 0 Å². The summed E-state index contributed by atoms with van der Waals surface area (Å²) >= 11 is 0. The first-order valence-corrected chi connectivity index (χ1v) is 5.09. The molecular weight excluding hydrogens is 211 g/mol. The zero-order valence-corrected chi connectivity index (χ0v) is 9.15. The van der Waals surface area contributed by atoms with Crippen molar-refractivity contribution in [3.63, 3.8) is 0 Å². The minimum absolute atomic E-state index is 0.312. The fourth-order valence-corrected chi connectivity index (χ4v) is 1.48. The molecule has 0 aliphatic carbocycles. The monoisotopic (exact) mass is 226 g/mol. The second-order valence-corrected chi connectivity index (χ2v) is 3.65.